The summed E-state index contributed by atoms with van der Waals surface area (Å²) >= 11 is 6.64. The van der Waals surface area contributed by atoms with Crippen LogP contribution in [-0.4, -0.2) is 86.9 Å². The molecule has 2 aromatic rings. The lowest BCUT2D eigenvalue weighted by atomic mass is 10.1. The molecule has 0 saturated carbocycles. The van der Waals surface area contributed by atoms with Gasteiger partial charge in [-0.3, -0.25) is 24.2 Å². The Kier molecular flexibility index (Phi) is 17.0. The Morgan fingerprint density at radius 1 is 0.755 bits per heavy atom. The topological polar surface area (TPSA) is 186 Å². The molecular formula is C38H52Br2N4O9. The van der Waals surface area contributed by atoms with Gasteiger partial charge >= 0.3 is 18.2 Å². The fourth-order valence-corrected chi connectivity index (χ4v) is 6.13. The molecule has 2 aliphatic heterocycles. The van der Waals surface area contributed by atoms with Crippen LogP contribution in [0.5, 0.6) is 0 Å². The molecule has 2 aromatic carbocycles. The quantitative estimate of drug-likeness (QED) is 0.180. The van der Waals surface area contributed by atoms with Gasteiger partial charge in [0.15, 0.2) is 11.6 Å². The number of rotatable bonds is 7. The molecule has 2 aliphatic rings. The van der Waals surface area contributed by atoms with Crippen LogP contribution in [-0.2, 0) is 19.1 Å². The number of carboxylic acids is 1. The Morgan fingerprint density at radius 3 is 1.64 bits per heavy atom. The number of nitrogens with two attached hydrogens (primary N) is 1. The molecule has 15 heteroatoms. The maximum Gasteiger partial charge on any atom is 0.411 e. The SMILES string of the molecule is CC(C)(C)OC(=O)N1CCCC1C(=O)O.CCC(=O)c1ccc(Br)cc1N.CCC(=O)c1ccc(Br)cc1NC(=O)C1CCCN1C(=O)OC(C)(C)C. The average Bonchev–Trinajstić information content (AvgIpc) is 3.75. The van der Waals surface area contributed by atoms with Crippen molar-refractivity contribution in [3.63, 3.8) is 0 Å². The molecule has 0 aliphatic carbocycles. The van der Waals surface area contributed by atoms with E-state index in [0.29, 0.717) is 61.3 Å². The fourth-order valence-electron chi connectivity index (χ4n) is 5.39. The molecule has 13 nitrogen and oxygen atoms in total. The van der Waals surface area contributed by atoms with Crippen LogP contribution in [0.3, 0.4) is 0 Å². The number of benzene rings is 2. The van der Waals surface area contributed by atoms with Crippen molar-refractivity contribution >= 4 is 78.9 Å². The van der Waals surface area contributed by atoms with Crippen molar-refractivity contribution in [1.29, 1.82) is 0 Å². The van der Waals surface area contributed by atoms with Crippen molar-refractivity contribution in [2.45, 2.75) is 117 Å². The summed E-state index contributed by atoms with van der Waals surface area (Å²) in [6, 6.07) is 9.13. The molecule has 4 rings (SSSR count). The molecule has 0 aromatic heterocycles. The Morgan fingerprint density at radius 2 is 1.19 bits per heavy atom. The van der Waals surface area contributed by atoms with E-state index in [1.165, 1.54) is 9.80 Å². The van der Waals surface area contributed by atoms with Crippen LogP contribution in [0, 0.1) is 0 Å². The van der Waals surface area contributed by atoms with Crippen LogP contribution >= 0.6 is 31.9 Å². The molecule has 292 valence electrons. The zero-order valence-corrected chi connectivity index (χ0v) is 34.9. The van der Waals surface area contributed by atoms with Gasteiger partial charge in [0.1, 0.15) is 23.3 Å². The highest BCUT2D eigenvalue weighted by atomic mass is 79.9. The molecule has 4 N–H and O–H groups in total. The predicted molar refractivity (Wildman–Crippen MR) is 210 cm³/mol. The summed E-state index contributed by atoms with van der Waals surface area (Å²) in [6.45, 7) is 15.2. The number of nitrogens with one attached hydrogen (secondary N) is 1. The van der Waals surface area contributed by atoms with E-state index >= 15 is 0 Å². The van der Waals surface area contributed by atoms with E-state index in [4.69, 9.17) is 20.3 Å². The zero-order chi connectivity index (χ0) is 40.3. The first-order valence-electron chi connectivity index (χ1n) is 17.5. The molecule has 0 spiro atoms. The number of carbonyl (C=O) groups is 6. The van der Waals surface area contributed by atoms with Crippen LogP contribution in [0.1, 0.15) is 115 Å². The molecule has 3 amide bonds. The van der Waals surface area contributed by atoms with Crippen molar-refractivity contribution in [2.24, 2.45) is 0 Å². The first-order valence-corrected chi connectivity index (χ1v) is 19.1. The number of ether oxygens (including phenoxy) is 2. The zero-order valence-electron chi connectivity index (χ0n) is 31.7. The molecule has 0 radical (unpaired) electrons. The molecule has 2 saturated heterocycles. The van der Waals surface area contributed by atoms with Crippen LogP contribution < -0.4 is 11.1 Å². The van der Waals surface area contributed by atoms with Gasteiger partial charge in [-0.2, -0.15) is 0 Å². The molecular weight excluding hydrogens is 816 g/mol. The summed E-state index contributed by atoms with van der Waals surface area (Å²) < 4.78 is 12.2. The van der Waals surface area contributed by atoms with Gasteiger partial charge in [-0.25, -0.2) is 14.4 Å². The van der Waals surface area contributed by atoms with Crippen LogP contribution in [0.25, 0.3) is 0 Å². The third-order valence-corrected chi connectivity index (χ3v) is 8.83. The number of Topliss-reactive ketones (excluding diaryl/α,β-unsaturated/α-hetero) is 2. The van der Waals surface area contributed by atoms with E-state index in [1.54, 1.807) is 78.8 Å². The first-order chi connectivity index (χ1) is 24.6. The number of carbonyl (C=O) groups excluding carboxylic acids is 5. The maximum atomic E-state index is 12.8. The van der Waals surface area contributed by atoms with Gasteiger partial charge in [0.2, 0.25) is 5.91 Å². The maximum absolute atomic E-state index is 12.8. The largest absolute Gasteiger partial charge is 0.480 e. The van der Waals surface area contributed by atoms with Gasteiger partial charge < -0.3 is 25.6 Å². The molecule has 2 unspecified atom stereocenters. The number of hydrogen-bond donors (Lipinski definition) is 3. The van der Waals surface area contributed by atoms with E-state index in [1.807, 2.05) is 13.0 Å². The second-order valence-corrected chi connectivity index (χ2v) is 16.3. The van der Waals surface area contributed by atoms with Crippen molar-refractivity contribution < 1.29 is 43.3 Å². The van der Waals surface area contributed by atoms with Crippen molar-refractivity contribution in [3.05, 3.63) is 56.5 Å². The normalized spacial score (nSPS) is 16.7. The minimum atomic E-state index is -0.960. The summed E-state index contributed by atoms with van der Waals surface area (Å²) in [5.41, 5.74) is 6.51. The highest BCUT2D eigenvalue weighted by Gasteiger charge is 2.38. The number of anilines is 2. The number of nitrogen functional groups attached to an aromatic ring is 1. The van der Waals surface area contributed by atoms with Gasteiger partial charge in [-0.05, 0) is 104 Å². The number of hydrogen-bond acceptors (Lipinski definition) is 9. The lowest BCUT2D eigenvalue weighted by molar-refractivity contribution is -0.142. The lowest BCUT2D eigenvalue weighted by Crippen LogP contribution is -2.45. The van der Waals surface area contributed by atoms with Gasteiger partial charge in [-0.1, -0.05) is 45.7 Å². The van der Waals surface area contributed by atoms with Crippen molar-refractivity contribution in [1.82, 2.24) is 9.80 Å². The number of ketones is 2. The van der Waals surface area contributed by atoms with E-state index in [0.717, 1.165) is 21.8 Å². The summed E-state index contributed by atoms with van der Waals surface area (Å²) in [6.07, 6.45) is 2.34. The number of carboxylic acid groups (broad SMARTS) is 1. The Bertz CT molecular complexity index is 1650. The number of aliphatic carboxylic acids is 1. The number of likely N-dealkylation sites (tertiary alicyclic amines) is 2. The molecule has 53 heavy (non-hydrogen) atoms. The van der Waals surface area contributed by atoms with Crippen LogP contribution in [0.15, 0.2) is 45.3 Å². The summed E-state index contributed by atoms with van der Waals surface area (Å²) in [5.74, 6) is -1.24. The highest BCUT2D eigenvalue weighted by molar-refractivity contribution is 9.10. The summed E-state index contributed by atoms with van der Waals surface area (Å²) in [7, 11) is 0. The number of halogens is 2. The van der Waals surface area contributed by atoms with Gasteiger partial charge in [0.05, 0.1) is 5.69 Å². The Hall–Kier alpha value is -3.98. The van der Waals surface area contributed by atoms with Crippen molar-refractivity contribution in [2.75, 3.05) is 24.1 Å². The molecule has 0 bridgehead atoms. The number of amides is 3. The predicted octanol–water partition coefficient (Wildman–Crippen LogP) is 8.47. The average molecular weight is 869 g/mol. The summed E-state index contributed by atoms with van der Waals surface area (Å²) in [4.78, 5) is 73.7. The highest BCUT2D eigenvalue weighted by Crippen LogP contribution is 2.27. The third-order valence-electron chi connectivity index (χ3n) is 7.85. The van der Waals surface area contributed by atoms with Crippen LogP contribution in [0.2, 0.25) is 0 Å². The third kappa shape index (κ3) is 14.4. The van der Waals surface area contributed by atoms with E-state index in [2.05, 4.69) is 37.2 Å². The molecule has 2 fully saturated rings. The van der Waals surface area contributed by atoms with Crippen molar-refractivity contribution in [3.8, 4) is 0 Å². The van der Waals surface area contributed by atoms with E-state index in [9.17, 15) is 28.8 Å². The first kappa shape index (κ1) is 45.2. The van der Waals surface area contributed by atoms with E-state index < -0.39 is 41.4 Å². The minimum Gasteiger partial charge on any atom is -0.480 e. The minimum absolute atomic E-state index is 0.0526. The van der Waals surface area contributed by atoms with Gasteiger partial charge in [0, 0.05) is 51.7 Å². The smallest absolute Gasteiger partial charge is 0.411 e. The summed E-state index contributed by atoms with van der Waals surface area (Å²) in [5, 5.41) is 11.7. The molecule has 2 atom stereocenters. The molecule has 2 heterocycles. The standard InChI is InChI=1S/C19H25BrN2O4.C10H17NO4.C9H10BrNO/c1-5-16(23)13-9-8-12(20)11-14(13)21-17(24)15-7-6-10-22(15)18(25)26-19(2,3)4;1-10(2,3)15-9(14)11-6-4-5-7(11)8(12)13;1-2-9(12)7-4-3-6(10)5-8(7)11/h8-9,11,15H,5-7,10H2,1-4H3,(H,21,24);7H,4-6H2,1-3H3,(H,12,13);3-5H,2,11H2,1H3. The van der Waals surface area contributed by atoms with Gasteiger partial charge in [-0.15, -0.1) is 0 Å². The second kappa shape index (κ2) is 19.9. The fraction of sp³-hybridized carbons (Fsp3) is 0.526. The van der Waals surface area contributed by atoms with E-state index in [-0.39, 0.29) is 17.5 Å². The van der Waals surface area contributed by atoms with Gasteiger partial charge in [0.25, 0.3) is 0 Å². The lowest BCUT2D eigenvalue weighted by Gasteiger charge is -2.28. The monoisotopic (exact) mass is 866 g/mol. The Labute approximate surface area is 328 Å². The van der Waals surface area contributed by atoms with Crippen LogP contribution in [0.4, 0.5) is 21.0 Å². The number of nitrogens with zero attached hydrogens (tertiary/aromatic N) is 2. The second-order valence-electron chi connectivity index (χ2n) is 14.5. The Balaban J connectivity index is 0.000000304.